The second kappa shape index (κ2) is 3.44. The zero-order chi connectivity index (χ0) is 8.48. The van der Waals surface area contributed by atoms with E-state index < -0.39 is 0 Å². The van der Waals surface area contributed by atoms with Crippen LogP contribution in [0, 0.1) is 5.41 Å². The summed E-state index contributed by atoms with van der Waals surface area (Å²) in [5, 5.41) is 0. The van der Waals surface area contributed by atoms with Gasteiger partial charge in [0.25, 0.3) is 0 Å². The fraction of sp³-hybridized carbons (Fsp3) is 1.00. The van der Waals surface area contributed by atoms with E-state index in [1.54, 1.807) is 0 Å². The largest absolute Gasteiger partial charge is 0.378 e. The van der Waals surface area contributed by atoms with Crippen LogP contribution in [0.1, 0.15) is 33.6 Å². The molecule has 0 aromatic heterocycles. The van der Waals surface area contributed by atoms with Crippen LogP contribution in [0.15, 0.2) is 0 Å². The molecule has 0 unspecified atom stereocenters. The van der Waals surface area contributed by atoms with Crippen molar-refractivity contribution in [3.63, 3.8) is 0 Å². The molecule has 0 aromatic carbocycles. The molecule has 0 N–H and O–H groups in total. The highest BCUT2D eigenvalue weighted by atomic mass is 79.9. The highest BCUT2D eigenvalue weighted by Crippen LogP contribution is 2.31. The van der Waals surface area contributed by atoms with Crippen LogP contribution >= 0.6 is 15.9 Å². The van der Waals surface area contributed by atoms with Crippen molar-refractivity contribution in [2.45, 2.75) is 44.5 Å². The molecule has 1 fully saturated rings. The van der Waals surface area contributed by atoms with Gasteiger partial charge >= 0.3 is 0 Å². The van der Waals surface area contributed by atoms with Gasteiger partial charge in [-0.1, -0.05) is 36.7 Å². The predicted molar refractivity (Wildman–Crippen MR) is 51.1 cm³/mol. The van der Waals surface area contributed by atoms with Crippen molar-refractivity contribution < 1.29 is 4.74 Å². The van der Waals surface area contributed by atoms with E-state index >= 15 is 0 Å². The van der Waals surface area contributed by atoms with Crippen molar-refractivity contribution in [3.8, 4) is 0 Å². The van der Waals surface area contributed by atoms with E-state index in [9.17, 15) is 0 Å². The maximum Gasteiger partial charge on any atom is 0.0634 e. The van der Waals surface area contributed by atoms with Gasteiger partial charge in [-0.3, -0.25) is 0 Å². The van der Waals surface area contributed by atoms with Gasteiger partial charge in [0, 0.05) is 11.4 Å². The number of hydrogen-bond acceptors (Lipinski definition) is 1. The highest BCUT2D eigenvalue weighted by Gasteiger charge is 2.30. The van der Waals surface area contributed by atoms with E-state index in [2.05, 4.69) is 36.7 Å². The number of halogens is 1. The summed E-state index contributed by atoms with van der Waals surface area (Å²) in [6, 6.07) is 0. The van der Waals surface area contributed by atoms with Crippen LogP contribution in [0.3, 0.4) is 0 Å². The molecule has 2 atom stereocenters. The number of hydrogen-bond donors (Lipinski definition) is 0. The quantitative estimate of drug-likeness (QED) is 0.571. The van der Waals surface area contributed by atoms with Crippen LogP contribution in [0.25, 0.3) is 0 Å². The van der Waals surface area contributed by atoms with Gasteiger partial charge < -0.3 is 4.74 Å². The van der Waals surface area contributed by atoms with Crippen LogP contribution < -0.4 is 0 Å². The van der Waals surface area contributed by atoms with Crippen LogP contribution in [0.2, 0.25) is 0 Å². The molecule has 1 aliphatic heterocycles. The lowest BCUT2D eigenvalue weighted by atomic mass is 9.85. The molecule has 0 spiro atoms. The Morgan fingerprint density at radius 2 is 2.00 bits per heavy atom. The first kappa shape index (κ1) is 9.53. The third-order valence-electron chi connectivity index (χ3n) is 2.19. The molecule has 0 radical (unpaired) electrons. The van der Waals surface area contributed by atoms with E-state index in [1.807, 2.05) is 0 Å². The first-order valence-corrected chi connectivity index (χ1v) is 5.17. The first-order chi connectivity index (χ1) is 5.00. The lowest BCUT2D eigenvalue weighted by Gasteiger charge is -2.35. The Morgan fingerprint density at radius 1 is 1.36 bits per heavy atom. The highest BCUT2D eigenvalue weighted by molar-refractivity contribution is 9.09. The smallest absolute Gasteiger partial charge is 0.0634 e. The van der Waals surface area contributed by atoms with E-state index in [4.69, 9.17) is 4.74 Å². The van der Waals surface area contributed by atoms with E-state index in [0.29, 0.717) is 16.3 Å². The molecule has 66 valence electrons. The topological polar surface area (TPSA) is 9.23 Å². The van der Waals surface area contributed by atoms with Crippen molar-refractivity contribution in [3.05, 3.63) is 0 Å². The van der Waals surface area contributed by atoms with Gasteiger partial charge in [-0.15, -0.1) is 0 Å². The monoisotopic (exact) mass is 220 g/mol. The van der Waals surface area contributed by atoms with Crippen molar-refractivity contribution in [1.29, 1.82) is 0 Å². The van der Waals surface area contributed by atoms with Gasteiger partial charge in [0.1, 0.15) is 0 Å². The average Bonchev–Trinajstić information content (AvgIpc) is 1.86. The molecule has 0 saturated carbocycles. The fourth-order valence-electron chi connectivity index (χ4n) is 1.36. The molecule has 1 aliphatic rings. The van der Waals surface area contributed by atoms with Gasteiger partial charge in [-0.2, -0.15) is 0 Å². The Balaban J connectivity index is 2.46. The minimum absolute atomic E-state index is 0.298. The van der Waals surface area contributed by atoms with Gasteiger partial charge in [0.15, 0.2) is 0 Å². The lowest BCUT2D eigenvalue weighted by Crippen LogP contribution is -2.36. The summed E-state index contributed by atoms with van der Waals surface area (Å²) in [6.45, 7) is 7.63. The van der Waals surface area contributed by atoms with E-state index in [0.717, 1.165) is 19.4 Å². The van der Waals surface area contributed by atoms with Crippen molar-refractivity contribution >= 4 is 15.9 Å². The minimum atomic E-state index is 0.298. The molecule has 1 nitrogen and oxygen atoms in total. The Morgan fingerprint density at radius 3 is 2.36 bits per heavy atom. The Bertz CT molecular complexity index is 128. The molecule has 11 heavy (non-hydrogen) atoms. The molecule has 2 heteroatoms. The van der Waals surface area contributed by atoms with Gasteiger partial charge in [-0.05, 0) is 18.3 Å². The Labute approximate surface area is 77.6 Å². The zero-order valence-corrected chi connectivity index (χ0v) is 9.15. The predicted octanol–water partition coefficient (Wildman–Crippen LogP) is 2.98. The summed E-state index contributed by atoms with van der Waals surface area (Å²) in [4.78, 5) is 0.667. The average molecular weight is 221 g/mol. The van der Waals surface area contributed by atoms with Crippen LogP contribution in [-0.2, 0) is 4.74 Å². The van der Waals surface area contributed by atoms with Crippen molar-refractivity contribution in [2.75, 3.05) is 6.61 Å². The standard InChI is InChI=1S/C9H17BrO/c1-9(2,3)8-6-7(10)4-5-11-8/h7-8H,4-6H2,1-3H3/t7-,8+/m0/s1. The van der Waals surface area contributed by atoms with Gasteiger partial charge in [0.2, 0.25) is 0 Å². The molecular formula is C9H17BrO. The summed E-state index contributed by atoms with van der Waals surface area (Å²) in [5.74, 6) is 0. The molecule has 1 saturated heterocycles. The fourth-order valence-corrected chi connectivity index (χ4v) is 1.89. The Hall–Kier alpha value is 0.440. The number of ether oxygens (including phenoxy) is 1. The SMILES string of the molecule is CC(C)(C)[C@H]1C[C@@H](Br)CCO1. The second-order valence-corrected chi connectivity index (χ2v) is 5.64. The van der Waals surface area contributed by atoms with Crippen molar-refractivity contribution in [1.82, 2.24) is 0 Å². The maximum atomic E-state index is 5.68. The van der Waals surface area contributed by atoms with Gasteiger partial charge in [0.05, 0.1) is 6.10 Å². The van der Waals surface area contributed by atoms with E-state index in [-0.39, 0.29) is 0 Å². The molecule has 1 rings (SSSR count). The van der Waals surface area contributed by atoms with Crippen LogP contribution in [0.4, 0.5) is 0 Å². The summed E-state index contributed by atoms with van der Waals surface area (Å²) < 4.78 is 5.68. The normalized spacial score (nSPS) is 33.8. The Kier molecular flexibility index (Phi) is 2.98. The third-order valence-corrected chi connectivity index (χ3v) is 3.02. The molecule has 1 heterocycles. The molecular weight excluding hydrogens is 204 g/mol. The summed E-state index contributed by atoms with van der Waals surface area (Å²) in [6.07, 6.45) is 2.75. The number of rotatable bonds is 0. The maximum absolute atomic E-state index is 5.68. The molecule has 0 aliphatic carbocycles. The molecule has 0 amide bonds. The van der Waals surface area contributed by atoms with Crippen LogP contribution in [-0.4, -0.2) is 17.5 Å². The molecule has 0 bridgehead atoms. The summed E-state index contributed by atoms with van der Waals surface area (Å²) >= 11 is 3.64. The first-order valence-electron chi connectivity index (χ1n) is 4.26. The minimum Gasteiger partial charge on any atom is -0.378 e. The lowest BCUT2D eigenvalue weighted by molar-refractivity contribution is -0.0444. The third kappa shape index (κ3) is 2.75. The van der Waals surface area contributed by atoms with Crippen LogP contribution in [0.5, 0.6) is 0 Å². The van der Waals surface area contributed by atoms with E-state index in [1.165, 1.54) is 0 Å². The van der Waals surface area contributed by atoms with Crippen molar-refractivity contribution in [2.24, 2.45) is 5.41 Å². The van der Waals surface area contributed by atoms with Gasteiger partial charge in [-0.25, -0.2) is 0 Å². The zero-order valence-electron chi connectivity index (χ0n) is 7.56. The summed E-state index contributed by atoms with van der Waals surface area (Å²) in [7, 11) is 0. The molecule has 0 aromatic rings. The number of alkyl halides is 1. The second-order valence-electron chi connectivity index (χ2n) is 4.35. The summed E-state index contributed by atoms with van der Waals surface area (Å²) in [5.41, 5.74) is 0.298.